The molecule has 1 aliphatic heterocycles. The zero-order chi connectivity index (χ0) is 29.8. The van der Waals surface area contributed by atoms with E-state index in [0.717, 1.165) is 11.3 Å². The van der Waals surface area contributed by atoms with Crippen LogP contribution < -0.4 is 24.4 Å². The second-order valence-electron chi connectivity index (χ2n) is 9.22. The number of benzene rings is 3. The average Bonchev–Trinajstić information content (AvgIpc) is 3.28. The van der Waals surface area contributed by atoms with Crippen molar-refractivity contribution in [1.29, 1.82) is 0 Å². The van der Waals surface area contributed by atoms with Gasteiger partial charge in [-0.3, -0.25) is 14.2 Å². The summed E-state index contributed by atoms with van der Waals surface area (Å²) >= 11 is 1.16. The molecule has 0 radical (unpaired) electrons. The van der Waals surface area contributed by atoms with Crippen LogP contribution >= 0.6 is 11.3 Å². The van der Waals surface area contributed by atoms with Gasteiger partial charge in [-0.25, -0.2) is 14.2 Å². The Bertz CT molecular complexity index is 1860. The van der Waals surface area contributed by atoms with Crippen LogP contribution in [0.1, 0.15) is 43.5 Å². The molecule has 2 heterocycles. The van der Waals surface area contributed by atoms with Crippen LogP contribution in [0.5, 0.6) is 11.5 Å². The van der Waals surface area contributed by atoms with Crippen LogP contribution in [0, 0.1) is 5.82 Å². The number of aromatic nitrogens is 1. The molecule has 3 aromatic carbocycles. The number of thiazole rings is 1. The van der Waals surface area contributed by atoms with Crippen molar-refractivity contribution in [2.75, 3.05) is 13.2 Å². The fourth-order valence-corrected chi connectivity index (χ4v) is 5.68. The number of hydrogen-bond donors (Lipinski definition) is 0. The molecule has 0 unspecified atom stereocenters. The largest absolute Gasteiger partial charge is 0.490 e. The van der Waals surface area contributed by atoms with Crippen molar-refractivity contribution in [3.05, 3.63) is 121 Å². The zero-order valence-electron chi connectivity index (χ0n) is 23.1. The molecule has 0 bridgehead atoms. The Hall–Kier alpha value is -4.83. The zero-order valence-corrected chi connectivity index (χ0v) is 23.9. The molecule has 1 aromatic heterocycles. The molecule has 0 saturated heterocycles. The first-order valence-electron chi connectivity index (χ1n) is 13.3. The molecular formula is C32H27FN2O6S. The third-order valence-corrected chi connectivity index (χ3v) is 7.36. The summed E-state index contributed by atoms with van der Waals surface area (Å²) in [6, 6.07) is 18.9. The normalized spacial score (nSPS) is 14.7. The molecule has 0 amide bonds. The van der Waals surface area contributed by atoms with E-state index >= 15 is 0 Å². The van der Waals surface area contributed by atoms with E-state index in [-0.39, 0.29) is 23.5 Å². The Morgan fingerprint density at radius 3 is 2.40 bits per heavy atom. The van der Waals surface area contributed by atoms with Crippen LogP contribution in [-0.4, -0.2) is 29.7 Å². The lowest BCUT2D eigenvalue weighted by atomic mass is 9.93. The predicted octanol–water partition coefficient (Wildman–Crippen LogP) is 4.40. The monoisotopic (exact) mass is 586 g/mol. The topological polar surface area (TPSA) is 96.2 Å². The highest BCUT2D eigenvalue weighted by Gasteiger charge is 2.35. The summed E-state index contributed by atoms with van der Waals surface area (Å²) in [6.45, 7) is 5.28. The molecule has 0 fully saturated rings. The Kier molecular flexibility index (Phi) is 8.44. The molecule has 5 rings (SSSR count). The molecule has 0 N–H and O–H groups in total. The lowest BCUT2D eigenvalue weighted by Gasteiger charge is -2.25. The summed E-state index contributed by atoms with van der Waals surface area (Å²) in [5.74, 6) is -0.922. The molecule has 0 saturated carbocycles. The Labute approximate surface area is 244 Å². The van der Waals surface area contributed by atoms with Crippen LogP contribution in [0.2, 0.25) is 0 Å². The SMILES string of the molecule is CCOC(=O)C1=C(c2ccccc2)N=c2s/c(=C\c3ccc(OC(C)=O)c(OCC)c3)c(=O)n2[C@@H]1c1ccc(F)cc1. The second-order valence-corrected chi connectivity index (χ2v) is 10.2. The first-order valence-corrected chi connectivity index (χ1v) is 14.1. The van der Waals surface area contributed by atoms with E-state index in [2.05, 4.69) is 0 Å². The van der Waals surface area contributed by atoms with Crippen molar-refractivity contribution < 1.29 is 28.2 Å². The van der Waals surface area contributed by atoms with E-state index in [4.69, 9.17) is 19.2 Å². The Morgan fingerprint density at radius 1 is 1.00 bits per heavy atom. The highest BCUT2D eigenvalue weighted by Crippen LogP contribution is 2.35. The number of carbonyl (C=O) groups is 2. The molecule has 8 nitrogen and oxygen atoms in total. The van der Waals surface area contributed by atoms with Gasteiger partial charge in [-0.1, -0.05) is 59.9 Å². The maximum Gasteiger partial charge on any atom is 0.338 e. The number of rotatable bonds is 8. The van der Waals surface area contributed by atoms with Crippen molar-refractivity contribution >= 4 is 35.0 Å². The summed E-state index contributed by atoms with van der Waals surface area (Å²) in [4.78, 5) is 44.1. The van der Waals surface area contributed by atoms with Crippen molar-refractivity contribution in [2.24, 2.45) is 4.99 Å². The number of esters is 2. The first kappa shape index (κ1) is 28.7. The molecule has 10 heteroatoms. The van der Waals surface area contributed by atoms with Crippen LogP contribution in [0.15, 0.2) is 88.2 Å². The standard InChI is InChI=1S/C32H27FN2O6S/c1-4-39-25-17-20(11-16-24(25)41-19(3)36)18-26-30(37)35-29(22-12-14-23(33)15-13-22)27(31(38)40-5-2)28(34-32(35)42-26)21-9-7-6-8-10-21/h6-18,29H,4-5H2,1-3H3/b26-18-/t29-/m1/s1. The minimum atomic E-state index is -0.913. The number of ether oxygens (including phenoxy) is 3. The maximum absolute atomic E-state index is 14.0. The van der Waals surface area contributed by atoms with Crippen LogP contribution in [0.4, 0.5) is 4.39 Å². The number of nitrogens with zero attached hydrogens (tertiary/aromatic N) is 2. The highest BCUT2D eigenvalue weighted by atomic mass is 32.1. The number of fused-ring (bicyclic) bond motifs is 1. The van der Waals surface area contributed by atoms with Gasteiger partial charge in [0, 0.05) is 12.5 Å². The summed E-state index contributed by atoms with van der Waals surface area (Å²) < 4.78 is 32.1. The summed E-state index contributed by atoms with van der Waals surface area (Å²) in [7, 11) is 0. The van der Waals surface area contributed by atoms with E-state index in [0.29, 0.717) is 44.1 Å². The van der Waals surface area contributed by atoms with Gasteiger partial charge in [0.2, 0.25) is 0 Å². The van der Waals surface area contributed by atoms with E-state index in [1.54, 1.807) is 43.3 Å². The fraction of sp³-hybridized carbons (Fsp3) is 0.188. The average molecular weight is 587 g/mol. The molecule has 4 aromatic rings. The molecule has 1 atom stereocenters. The summed E-state index contributed by atoms with van der Waals surface area (Å²) in [5, 5.41) is 0. The second kappa shape index (κ2) is 12.4. The van der Waals surface area contributed by atoms with Gasteiger partial charge in [-0.2, -0.15) is 0 Å². The quantitative estimate of drug-likeness (QED) is 0.224. The van der Waals surface area contributed by atoms with Gasteiger partial charge in [0.05, 0.1) is 35.1 Å². The lowest BCUT2D eigenvalue weighted by molar-refractivity contribution is -0.139. The third kappa shape index (κ3) is 5.80. The third-order valence-electron chi connectivity index (χ3n) is 6.38. The minimum absolute atomic E-state index is 0.121. The van der Waals surface area contributed by atoms with Gasteiger partial charge < -0.3 is 14.2 Å². The van der Waals surface area contributed by atoms with Gasteiger partial charge in [0.15, 0.2) is 16.3 Å². The molecular weight excluding hydrogens is 559 g/mol. The lowest BCUT2D eigenvalue weighted by Crippen LogP contribution is -2.40. The highest BCUT2D eigenvalue weighted by molar-refractivity contribution is 7.07. The molecule has 0 spiro atoms. The van der Waals surface area contributed by atoms with Gasteiger partial charge >= 0.3 is 11.9 Å². The van der Waals surface area contributed by atoms with Gasteiger partial charge in [0.1, 0.15) is 5.82 Å². The van der Waals surface area contributed by atoms with Crippen molar-refractivity contribution in [3.63, 3.8) is 0 Å². The molecule has 0 aliphatic carbocycles. The number of hydrogen-bond acceptors (Lipinski definition) is 8. The van der Waals surface area contributed by atoms with Crippen LogP contribution in [0.3, 0.4) is 0 Å². The molecule has 42 heavy (non-hydrogen) atoms. The molecule has 214 valence electrons. The van der Waals surface area contributed by atoms with E-state index in [9.17, 15) is 18.8 Å². The van der Waals surface area contributed by atoms with Crippen molar-refractivity contribution in [2.45, 2.75) is 26.8 Å². The van der Waals surface area contributed by atoms with E-state index in [1.165, 1.54) is 23.6 Å². The fourth-order valence-electron chi connectivity index (χ4n) is 4.67. The van der Waals surface area contributed by atoms with Gasteiger partial charge in [-0.15, -0.1) is 0 Å². The maximum atomic E-state index is 14.0. The van der Waals surface area contributed by atoms with Crippen LogP contribution in [0.25, 0.3) is 11.8 Å². The summed E-state index contributed by atoms with van der Waals surface area (Å²) in [6.07, 6.45) is 1.68. The smallest absolute Gasteiger partial charge is 0.338 e. The Balaban J connectivity index is 1.75. The minimum Gasteiger partial charge on any atom is -0.490 e. The van der Waals surface area contributed by atoms with Crippen molar-refractivity contribution in [1.82, 2.24) is 4.57 Å². The first-order chi connectivity index (χ1) is 20.3. The van der Waals surface area contributed by atoms with E-state index in [1.807, 2.05) is 37.3 Å². The van der Waals surface area contributed by atoms with Crippen LogP contribution in [-0.2, 0) is 14.3 Å². The Morgan fingerprint density at radius 2 is 1.74 bits per heavy atom. The van der Waals surface area contributed by atoms with Gasteiger partial charge in [0.25, 0.3) is 5.56 Å². The predicted molar refractivity (Wildman–Crippen MR) is 156 cm³/mol. The number of carbonyl (C=O) groups excluding carboxylic acids is 2. The van der Waals surface area contributed by atoms with Crippen molar-refractivity contribution in [3.8, 4) is 11.5 Å². The van der Waals surface area contributed by atoms with E-state index < -0.39 is 23.8 Å². The van der Waals surface area contributed by atoms with Gasteiger partial charge in [-0.05, 0) is 55.3 Å². The number of halogens is 1. The summed E-state index contributed by atoms with van der Waals surface area (Å²) in [5.41, 5.74) is 2.00. The molecule has 1 aliphatic rings.